The molecule has 0 saturated carbocycles. The van der Waals surface area contributed by atoms with Gasteiger partial charge >= 0.3 is 5.97 Å². The smallest absolute Gasteiger partial charge is 0.336 e. The van der Waals surface area contributed by atoms with Crippen LogP contribution in [0.25, 0.3) is 0 Å². The van der Waals surface area contributed by atoms with Crippen LogP contribution in [0.5, 0.6) is 0 Å². The minimum atomic E-state index is -0.406. The molecule has 96 valence electrons. The first-order valence-corrected chi connectivity index (χ1v) is 5.84. The Morgan fingerprint density at radius 1 is 1.61 bits per heavy atom. The van der Waals surface area contributed by atoms with Crippen LogP contribution in [0.3, 0.4) is 0 Å². The third kappa shape index (κ3) is 2.30. The van der Waals surface area contributed by atoms with Gasteiger partial charge in [0.25, 0.3) is 0 Å². The second-order valence-electron chi connectivity index (χ2n) is 4.08. The molecule has 1 unspecified atom stereocenters. The predicted molar refractivity (Wildman–Crippen MR) is 63.5 cm³/mol. The summed E-state index contributed by atoms with van der Waals surface area (Å²) in [5, 5.41) is 2.66. The van der Waals surface area contributed by atoms with Gasteiger partial charge in [-0.05, 0) is 26.0 Å². The van der Waals surface area contributed by atoms with Crippen LogP contribution in [-0.2, 0) is 14.3 Å². The number of carbonyl (C=O) groups excluding carboxylic acids is 2. The fourth-order valence-electron chi connectivity index (χ4n) is 2.11. The van der Waals surface area contributed by atoms with Crippen LogP contribution >= 0.6 is 0 Å². The van der Waals surface area contributed by atoms with E-state index in [-0.39, 0.29) is 18.2 Å². The number of esters is 1. The molecule has 0 aliphatic carbocycles. The molecule has 5 heteroatoms. The molecule has 0 radical (unpaired) electrons. The van der Waals surface area contributed by atoms with Gasteiger partial charge in [0.2, 0.25) is 5.91 Å². The molecule has 0 bridgehead atoms. The van der Waals surface area contributed by atoms with Crippen LogP contribution in [0.15, 0.2) is 34.1 Å². The van der Waals surface area contributed by atoms with Crippen molar-refractivity contribution < 1.29 is 18.7 Å². The summed E-state index contributed by atoms with van der Waals surface area (Å²) in [6, 6.07) is 3.50. The fraction of sp³-hybridized carbons (Fsp3) is 0.385. The number of rotatable bonds is 3. The highest BCUT2D eigenvalue weighted by atomic mass is 16.5. The van der Waals surface area contributed by atoms with Crippen LogP contribution in [0.4, 0.5) is 0 Å². The molecule has 1 aliphatic rings. The topological polar surface area (TPSA) is 68.5 Å². The Balaban J connectivity index is 2.38. The van der Waals surface area contributed by atoms with Gasteiger partial charge in [-0.25, -0.2) is 4.79 Å². The van der Waals surface area contributed by atoms with E-state index in [0.717, 1.165) is 0 Å². The van der Waals surface area contributed by atoms with E-state index in [2.05, 4.69) is 5.32 Å². The Kier molecular flexibility index (Phi) is 3.50. The Morgan fingerprint density at radius 2 is 2.39 bits per heavy atom. The monoisotopic (exact) mass is 249 g/mol. The summed E-state index contributed by atoms with van der Waals surface area (Å²) in [5.74, 6) is -0.293. The van der Waals surface area contributed by atoms with Crippen molar-refractivity contribution in [2.24, 2.45) is 0 Å². The summed E-state index contributed by atoms with van der Waals surface area (Å²) in [6.07, 6.45) is 1.72. The van der Waals surface area contributed by atoms with Gasteiger partial charge in [-0.3, -0.25) is 4.79 Å². The quantitative estimate of drug-likeness (QED) is 0.828. The van der Waals surface area contributed by atoms with Crippen LogP contribution in [0.1, 0.15) is 31.9 Å². The zero-order valence-corrected chi connectivity index (χ0v) is 10.4. The van der Waals surface area contributed by atoms with Crippen molar-refractivity contribution >= 4 is 11.9 Å². The molecule has 1 aromatic rings. The van der Waals surface area contributed by atoms with E-state index >= 15 is 0 Å². The van der Waals surface area contributed by atoms with Crippen molar-refractivity contribution in [1.82, 2.24) is 5.32 Å². The van der Waals surface area contributed by atoms with Gasteiger partial charge in [0.05, 0.1) is 24.4 Å². The lowest BCUT2D eigenvalue weighted by Crippen LogP contribution is -2.34. The summed E-state index contributed by atoms with van der Waals surface area (Å²) < 4.78 is 10.3. The molecule has 0 saturated heterocycles. The summed E-state index contributed by atoms with van der Waals surface area (Å²) >= 11 is 0. The number of allylic oxidation sites excluding steroid dienone is 1. The van der Waals surface area contributed by atoms with E-state index < -0.39 is 5.97 Å². The molecule has 0 aromatic carbocycles. The molecule has 18 heavy (non-hydrogen) atoms. The maximum Gasteiger partial charge on any atom is 0.336 e. The second kappa shape index (κ2) is 5.08. The molecule has 2 rings (SSSR count). The van der Waals surface area contributed by atoms with E-state index in [0.29, 0.717) is 23.6 Å². The first-order valence-electron chi connectivity index (χ1n) is 5.84. The molecule has 1 atom stereocenters. The highest BCUT2D eigenvalue weighted by Crippen LogP contribution is 2.33. The normalized spacial score (nSPS) is 19.7. The number of amides is 1. The van der Waals surface area contributed by atoms with Gasteiger partial charge < -0.3 is 14.5 Å². The summed E-state index contributed by atoms with van der Waals surface area (Å²) in [6.45, 7) is 3.74. The van der Waals surface area contributed by atoms with Crippen molar-refractivity contribution in [2.45, 2.75) is 26.2 Å². The maximum atomic E-state index is 11.9. The fourth-order valence-corrected chi connectivity index (χ4v) is 2.11. The van der Waals surface area contributed by atoms with Gasteiger partial charge in [-0.2, -0.15) is 0 Å². The van der Waals surface area contributed by atoms with E-state index in [1.54, 1.807) is 26.0 Å². The van der Waals surface area contributed by atoms with Gasteiger partial charge in [0.15, 0.2) is 0 Å². The summed E-state index contributed by atoms with van der Waals surface area (Å²) in [4.78, 5) is 23.5. The first-order chi connectivity index (χ1) is 8.63. The zero-order valence-electron chi connectivity index (χ0n) is 10.4. The molecule has 2 heterocycles. The summed E-state index contributed by atoms with van der Waals surface area (Å²) in [5.41, 5.74) is 0.998. The van der Waals surface area contributed by atoms with Gasteiger partial charge in [0.1, 0.15) is 5.76 Å². The lowest BCUT2D eigenvalue weighted by Gasteiger charge is -2.24. The maximum absolute atomic E-state index is 11.9. The van der Waals surface area contributed by atoms with Crippen LogP contribution in [0, 0.1) is 0 Å². The van der Waals surface area contributed by atoms with Crippen LogP contribution < -0.4 is 5.32 Å². The number of hydrogen-bond donors (Lipinski definition) is 1. The first kappa shape index (κ1) is 12.4. The molecule has 0 fully saturated rings. The van der Waals surface area contributed by atoms with Crippen LogP contribution in [-0.4, -0.2) is 18.5 Å². The second-order valence-corrected chi connectivity index (χ2v) is 4.08. The van der Waals surface area contributed by atoms with Gasteiger partial charge in [-0.15, -0.1) is 0 Å². The lowest BCUT2D eigenvalue weighted by atomic mass is 9.88. The van der Waals surface area contributed by atoms with Crippen molar-refractivity contribution in [1.29, 1.82) is 0 Å². The van der Waals surface area contributed by atoms with E-state index in [1.165, 1.54) is 6.26 Å². The lowest BCUT2D eigenvalue weighted by molar-refractivity contribution is -0.139. The molecular weight excluding hydrogens is 234 g/mol. The number of hydrogen-bond acceptors (Lipinski definition) is 4. The number of nitrogens with one attached hydrogen (secondary N) is 1. The van der Waals surface area contributed by atoms with Gasteiger partial charge in [-0.1, -0.05) is 0 Å². The molecule has 0 spiro atoms. The van der Waals surface area contributed by atoms with E-state index in [9.17, 15) is 9.59 Å². The number of furan rings is 1. The number of carbonyl (C=O) groups is 2. The number of ether oxygens (including phenoxy) is 1. The van der Waals surface area contributed by atoms with Crippen molar-refractivity contribution in [2.75, 3.05) is 6.61 Å². The zero-order chi connectivity index (χ0) is 13.1. The average Bonchev–Trinajstić information content (AvgIpc) is 2.81. The van der Waals surface area contributed by atoms with Crippen molar-refractivity contribution in [3.8, 4) is 0 Å². The molecule has 1 aliphatic heterocycles. The Labute approximate surface area is 105 Å². The van der Waals surface area contributed by atoms with E-state index in [1.807, 2.05) is 0 Å². The largest absolute Gasteiger partial charge is 0.469 e. The van der Waals surface area contributed by atoms with Crippen LogP contribution in [0.2, 0.25) is 0 Å². The molecular formula is C13H15NO4. The van der Waals surface area contributed by atoms with Crippen molar-refractivity contribution in [3.63, 3.8) is 0 Å². The summed E-state index contributed by atoms with van der Waals surface area (Å²) in [7, 11) is 0. The Bertz CT molecular complexity index is 487. The molecule has 1 aromatic heterocycles. The highest BCUT2D eigenvalue weighted by molar-refractivity contribution is 5.95. The SMILES string of the molecule is CCOC(=O)C1=C(C)NC(=O)CC1c1ccco1. The minimum absolute atomic E-state index is 0.123. The minimum Gasteiger partial charge on any atom is -0.469 e. The Hall–Kier alpha value is -2.04. The highest BCUT2D eigenvalue weighted by Gasteiger charge is 2.34. The molecule has 5 nitrogen and oxygen atoms in total. The predicted octanol–water partition coefficient (Wildman–Crippen LogP) is 1.72. The third-order valence-corrected chi connectivity index (χ3v) is 2.85. The van der Waals surface area contributed by atoms with Gasteiger partial charge in [0, 0.05) is 12.1 Å². The average molecular weight is 249 g/mol. The van der Waals surface area contributed by atoms with Crippen molar-refractivity contribution in [3.05, 3.63) is 35.4 Å². The van der Waals surface area contributed by atoms with E-state index in [4.69, 9.17) is 9.15 Å². The molecule has 1 N–H and O–H groups in total. The standard InChI is InChI=1S/C13H15NO4/c1-3-17-13(16)12-8(2)14-11(15)7-9(12)10-5-4-6-18-10/h4-6,9H,3,7H2,1-2H3,(H,14,15). The Morgan fingerprint density at radius 3 is 3.00 bits per heavy atom. The molecule has 1 amide bonds. The third-order valence-electron chi connectivity index (χ3n) is 2.85.